The lowest BCUT2D eigenvalue weighted by atomic mass is 9.96. The molecule has 2 amide bonds. The number of nitrogens with one attached hydrogen (secondary N) is 1. The van der Waals surface area contributed by atoms with Crippen LogP contribution in [0.4, 0.5) is 4.39 Å². The molecule has 1 fully saturated rings. The number of aromatic nitrogens is 1. The van der Waals surface area contributed by atoms with E-state index in [1.54, 1.807) is 18.2 Å². The second-order valence-corrected chi connectivity index (χ2v) is 9.02. The van der Waals surface area contributed by atoms with Gasteiger partial charge in [-0.1, -0.05) is 26.0 Å². The second-order valence-electron chi connectivity index (χ2n) is 9.02. The Morgan fingerprint density at radius 2 is 1.91 bits per heavy atom. The predicted octanol–water partition coefficient (Wildman–Crippen LogP) is 3.06. The molecule has 4 rings (SSSR count). The van der Waals surface area contributed by atoms with Crippen LogP contribution >= 0.6 is 0 Å². The molecule has 0 bridgehead atoms. The van der Waals surface area contributed by atoms with E-state index in [2.05, 4.69) is 5.32 Å². The monoisotopic (exact) mass is 471 g/mol. The first kappa shape index (κ1) is 23.9. The number of hydrogen-bond acceptors (Lipinski definition) is 5. The van der Waals surface area contributed by atoms with Gasteiger partial charge in [-0.2, -0.15) is 0 Å². The number of halogens is 1. The molecule has 1 N–H and O–H groups in total. The van der Waals surface area contributed by atoms with E-state index in [9.17, 15) is 18.8 Å². The van der Waals surface area contributed by atoms with Crippen LogP contribution in [-0.4, -0.2) is 53.6 Å². The van der Waals surface area contributed by atoms with Gasteiger partial charge < -0.3 is 24.3 Å². The van der Waals surface area contributed by atoms with Gasteiger partial charge in [-0.05, 0) is 42.5 Å². The number of rotatable bonds is 6. The quantitative estimate of drug-likeness (QED) is 0.654. The van der Waals surface area contributed by atoms with E-state index >= 15 is 0 Å². The van der Waals surface area contributed by atoms with E-state index in [0.29, 0.717) is 49.5 Å². The molecule has 1 saturated heterocycles. The van der Waals surface area contributed by atoms with Gasteiger partial charge >= 0.3 is 5.97 Å². The standard InChI is InChI=1S/C25H30FN3O5/c1-15(2)22(16-6-8-17(26)9-7-16)27-23(30)20-13-18(21-14-34-12-11-28(20)21)24(31)29-10-4-5-19(29)25(32)33-3/h6-9,13,15,19,22H,4-5,10-12,14H2,1-3H3,(H,27,30)/t19?,22-/m1/s1. The van der Waals surface area contributed by atoms with Crippen LogP contribution in [0, 0.1) is 11.7 Å². The van der Waals surface area contributed by atoms with Crippen molar-refractivity contribution in [1.29, 1.82) is 0 Å². The lowest BCUT2D eigenvalue weighted by molar-refractivity contribution is -0.145. The van der Waals surface area contributed by atoms with Crippen molar-refractivity contribution >= 4 is 17.8 Å². The molecule has 0 spiro atoms. The van der Waals surface area contributed by atoms with Gasteiger partial charge in [-0.3, -0.25) is 9.59 Å². The predicted molar refractivity (Wildman–Crippen MR) is 122 cm³/mol. The highest BCUT2D eigenvalue weighted by Crippen LogP contribution is 2.28. The number of ether oxygens (including phenoxy) is 2. The average Bonchev–Trinajstić information content (AvgIpc) is 3.47. The van der Waals surface area contributed by atoms with Crippen LogP contribution in [0.1, 0.15) is 64.8 Å². The van der Waals surface area contributed by atoms with Crippen molar-refractivity contribution in [2.45, 2.75) is 51.9 Å². The van der Waals surface area contributed by atoms with E-state index in [1.807, 2.05) is 18.4 Å². The van der Waals surface area contributed by atoms with Crippen molar-refractivity contribution < 1.29 is 28.2 Å². The van der Waals surface area contributed by atoms with E-state index < -0.39 is 12.0 Å². The number of nitrogens with zero attached hydrogens (tertiary/aromatic N) is 2. The van der Waals surface area contributed by atoms with Crippen molar-refractivity contribution in [1.82, 2.24) is 14.8 Å². The minimum absolute atomic E-state index is 0.0556. The molecular weight excluding hydrogens is 441 g/mol. The number of benzene rings is 1. The Hall–Kier alpha value is -3.20. The first-order chi connectivity index (χ1) is 16.3. The summed E-state index contributed by atoms with van der Waals surface area (Å²) in [4.78, 5) is 40.5. The fourth-order valence-electron chi connectivity index (χ4n) is 4.76. The van der Waals surface area contributed by atoms with Gasteiger partial charge in [0, 0.05) is 13.1 Å². The fraction of sp³-hybridized carbons (Fsp3) is 0.480. The zero-order chi connectivity index (χ0) is 24.4. The molecule has 2 aliphatic rings. The van der Waals surface area contributed by atoms with E-state index in [-0.39, 0.29) is 36.2 Å². The van der Waals surface area contributed by atoms with Crippen molar-refractivity contribution in [3.8, 4) is 0 Å². The van der Waals surface area contributed by atoms with Crippen LogP contribution in [0.15, 0.2) is 30.3 Å². The highest BCUT2D eigenvalue weighted by atomic mass is 19.1. The molecule has 1 unspecified atom stereocenters. The molecule has 1 aromatic carbocycles. The molecule has 2 atom stereocenters. The van der Waals surface area contributed by atoms with Gasteiger partial charge in [-0.15, -0.1) is 0 Å². The van der Waals surface area contributed by atoms with Crippen LogP contribution < -0.4 is 5.32 Å². The Morgan fingerprint density at radius 3 is 2.59 bits per heavy atom. The Balaban J connectivity index is 1.64. The third kappa shape index (κ3) is 4.57. The van der Waals surface area contributed by atoms with Crippen molar-refractivity contribution in [2.24, 2.45) is 5.92 Å². The maximum Gasteiger partial charge on any atom is 0.328 e. The van der Waals surface area contributed by atoms with Crippen LogP contribution in [-0.2, 0) is 27.4 Å². The number of likely N-dealkylation sites (tertiary alicyclic amines) is 1. The van der Waals surface area contributed by atoms with Crippen LogP contribution in [0.25, 0.3) is 0 Å². The summed E-state index contributed by atoms with van der Waals surface area (Å²) in [6, 6.07) is 6.71. The number of hydrogen-bond donors (Lipinski definition) is 1. The molecular formula is C25H30FN3O5. The summed E-state index contributed by atoms with van der Waals surface area (Å²) < 4.78 is 25.7. The topological polar surface area (TPSA) is 89.9 Å². The molecule has 34 heavy (non-hydrogen) atoms. The van der Waals surface area contributed by atoms with Crippen molar-refractivity contribution in [3.63, 3.8) is 0 Å². The van der Waals surface area contributed by atoms with Crippen molar-refractivity contribution in [2.75, 3.05) is 20.3 Å². The maximum absolute atomic E-state index is 13.5. The number of fused-ring (bicyclic) bond motifs is 1. The van der Waals surface area contributed by atoms with Gasteiger partial charge in [0.25, 0.3) is 11.8 Å². The van der Waals surface area contributed by atoms with Crippen LogP contribution in [0.5, 0.6) is 0 Å². The molecule has 2 aliphatic heterocycles. The Kier molecular flexibility index (Phi) is 7.02. The largest absolute Gasteiger partial charge is 0.467 e. The SMILES string of the molecule is COC(=O)C1CCCN1C(=O)c1cc(C(=O)N[C@@H](c2ccc(F)cc2)C(C)C)n2c1COCC2. The average molecular weight is 472 g/mol. The number of methoxy groups -OCH3 is 1. The summed E-state index contributed by atoms with van der Waals surface area (Å²) in [6.45, 7) is 5.47. The summed E-state index contributed by atoms with van der Waals surface area (Å²) in [5, 5.41) is 3.05. The molecule has 0 radical (unpaired) electrons. The first-order valence-corrected chi connectivity index (χ1v) is 11.6. The van der Waals surface area contributed by atoms with Gasteiger partial charge in [0.05, 0.1) is 37.6 Å². The van der Waals surface area contributed by atoms with Crippen molar-refractivity contribution in [3.05, 3.63) is 58.7 Å². The molecule has 0 aliphatic carbocycles. The smallest absolute Gasteiger partial charge is 0.328 e. The summed E-state index contributed by atoms with van der Waals surface area (Å²) in [5.41, 5.74) is 2.15. The van der Waals surface area contributed by atoms with E-state index in [0.717, 1.165) is 5.56 Å². The zero-order valence-electron chi connectivity index (χ0n) is 19.7. The molecule has 1 aromatic heterocycles. The fourth-order valence-corrected chi connectivity index (χ4v) is 4.76. The molecule has 0 saturated carbocycles. The van der Waals surface area contributed by atoms with Gasteiger partial charge in [0.15, 0.2) is 0 Å². The minimum atomic E-state index is -0.626. The molecule has 3 heterocycles. The molecule has 9 heteroatoms. The normalized spacial score (nSPS) is 18.5. The first-order valence-electron chi connectivity index (χ1n) is 11.6. The highest BCUT2D eigenvalue weighted by molar-refractivity contribution is 6.02. The Labute approximate surface area is 198 Å². The second kappa shape index (κ2) is 9.97. The molecule has 2 aromatic rings. The van der Waals surface area contributed by atoms with Gasteiger partial charge in [0.1, 0.15) is 17.6 Å². The zero-order valence-corrected chi connectivity index (χ0v) is 19.7. The number of esters is 1. The number of carbonyl (C=O) groups excluding carboxylic acids is 3. The minimum Gasteiger partial charge on any atom is -0.467 e. The van der Waals surface area contributed by atoms with Gasteiger partial charge in [0.2, 0.25) is 0 Å². The van der Waals surface area contributed by atoms with E-state index in [1.165, 1.54) is 24.1 Å². The molecule has 182 valence electrons. The summed E-state index contributed by atoms with van der Waals surface area (Å²) in [5.74, 6) is -1.35. The summed E-state index contributed by atoms with van der Waals surface area (Å²) >= 11 is 0. The number of carbonyl (C=O) groups is 3. The van der Waals surface area contributed by atoms with Crippen LogP contribution in [0.2, 0.25) is 0 Å². The van der Waals surface area contributed by atoms with Gasteiger partial charge in [-0.25, -0.2) is 9.18 Å². The lowest BCUT2D eigenvalue weighted by Gasteiger charge is -2.25. The Bertz CT molecular complexity index is 1080. The number of amides is 2. The lowest BCUT2D eigenvalue weighted by Crippen LogP contribution is -2.41. The third-order valence-electron chi connectivity index (χ3n) is 6.54. The Morgan fingerprint density at radius 1 is 1.18 bits per heavy atom. The van der Waals surface area contributed by atoms with Crippen LogP contribution in [0.3, 0.4) is 0 Å². The molecule has 8 nitrogen and oxygen atoms in total. The summed E-state index contributed by atoms with van der Waals surface area (Å²) in [6.07, 6.45) is 1.26. The third-order valence-corrected chi connectivity index (χ3v) is 6.54. The summed E-state index contributed by atoms with van der Waals surface area (Å²) in [7, 11) is 1.31. The highest BCUT2D eigenvalue weighted by Gasteiger charge is 2.38. The maximum atomic E-state index is 13.5. The van der Waals surface area contributed by atoms with E-state index in [4.69, 9.17) is 9.47 Å².